The van der Waals surface area contributed by atoms with Crippen molar-refractivity contribution < 1.29 is 37.1 Å². The number of halogens is 3. The van der Waals surface area contributed by atoms with E-state index in [1.54, 1.807) is 12.2 Å². The summed E-state index contributed by atoms with van der Waals surface area (Å²) < 4.78 is 45.3. The van der Waals surface area contributed by atoms with Gasteiger partial charge >= 0.3 is 12.1 Å². The van der Waals surface area contributed by atoms with Crippen LogP contribution in [0.15, 0.2) is 0 Å². The summed E-state index contributed by atoms with van der Waals surface area (Å²) in [4.78, 5) is 52.5. The summed E-state index contributed by atoms with van der Waals surface area (Å²) >= 11 is 0. The Morgan fingerprint density at radius 2 is 1.90 bits per heavy atom. The van der Waals surface area contributed by atoms with Gasteiger partial charge in [-0.1, -0.05) is 13.8 Å². The van der Waals surface area contributed by atoms with E-state index in [4.69, 9.17) is 4.74 Å². The molecule has 0 radical (unpaired) electrons. The van der Waals surface area contributed by atoms with Crippen LogP contribution >= 0.6 is 0 Å². The molecule has 0 spiro atoms. The molecule has 0 aromatic heterocycles. The van der Waals surface area contributed by atoms with Gasteiger partial charge in [-0.3, -0.25) is 19.2 Å². The molecule has 2 saturated carbocycles. The first-order valence-electron chi connectivity index (χ1n) is 13.4. The van der Waals surface area contributed by atoms with Crippen LogP contribution in [0.2, 0.25) is 0 Å². The zero-order valence-corrected chi connectivity index (χ0v) is 22.6. The Morgan fingerprint density at radius 3 is 2.46 bits per heavy atom. The second-order valence-electron chi connectivity index (χ2n) is 12.2. The summed E-state index contributed by atoms with van der Waals surface area (Å²) in [6.07, 6.45) is -3.49. The molecule has 216 valence electrons. The largest absolute Gasteiger partial charge is 0.471 e. The SMILES string of the molecule is CC(OC1(C)CC1)C(NC(=O)C(F)(F)F)C(=O)N1CC2C([C@H]1C(=O)NC(C#N)CC1CCCNC1=O)C2(C)C. The monoisotopic (exact) mass is 555 g/mol. The molecule has 2 saturated heterocycles. The third kappa shape index (κ3) is 6.00. The number of alkyl halides is 3. The number of carbonyl (C=O) groups excluding carboxylic acids is 4. The van der Waals surface area contributed by atoms with Crippen molar-refractivity contribution in [1.29, 1.82) is 5.26 Å². The van der Waals surface area contributed by atoms with Gasteiger partial charge in [-0.2, -0.15) is 18.4 Å². The van der Waals surface area contributed by atoms with Gasteiger partial charge in [-0.05, 0) is 63.2 Å². The van der Waals surface area contributed by atoms with Crippen LogP contribution in [-0.2, 0) is 23.9 Å². The molecule has 4 fully saturated rings. The van der Waals surface area contributed by atoms with Crippen LogP contribution in [0.25, 0.3) is 0 Å². The molecule has 4 rings (SSSR count). The van der Waals surface area contributed by atoms with Crippen molar-refractivity contribution >= 4 is 23.6 Å². The van der Waals surface area contributed by atoms with E-state index in [2.05, 4.69) is 10.6 Å². The van der Waals surface area contributed by atoms with Crippen LogP contribution in [0.4, 0.5) is 13.2 Å². The lowest BCUT2D eigenvalue weighted by Gasteiger charge is -2.36. The van der Waals surface area contributed by atoms with E-state index < -0.39 is 59.6 Å². The fourth-order valence-corrected chi connectivity index (χ4v) is 6.15. The highest BCUT2D eigenvalue weighted by molar-refractivity contribution is 5.95. The van der Waals surface area contributed by atoms with Crippen molar-refractivity contribution in [3.63, 3.8) is 0 Å². The summed E-state index contributed by atoms with van der Waals surface area (Å²) in [7, 11) is 0. The molecule has 0 aromatic rings. The number of piperidine rings is 2. The van der Waals surface area contributed by atoms with Gasteiger partial charge in [-0.15, -0.1) is 0 Å². The van der Waals surface area contributed by atoms with E-state index in [0.29, 0.717) is 25.8 Å². The molecule has 3 N–H and O–H groups in total. The van der Waals surface area contributed by atoms with Gasteiger partial charge in [0.25, 0.3) is 0 Å². The smallest absolute Gasteiger partial charge is 0.370 e. The van der Waals surface area contributed by atoms with Crippen molar-refractivity contribution in [2.75, 3.05) is 13.1 Å². The third-order valence-corrected chi connectivity index (χ3v) is 8.86. The third-order valence-electron chi connectivity index (χ3n) is 8.86. The number of nitriles is 1. The predicted molar refractivity (Wildman–Crippen MR) is 130 cm³/mol. The molecule has 39 heavy (non-hydrogen) atoms. The number of rotatable bonds is 9. The molecule has 6 unspecified atom stereocenters. The van der Waals surface area contributed by atoms with Gasteiger partial charge in [0.05, 0.1) is 17.8 Å². The second-order valence-corrected chi connectivity index (χ2v) is 12.2. The van der Waals surface area contributed by atoms with Crippen LogP contribution < -0.4 is 16.0 Å². The van der Waals surface area contributed by atoms with Gasteiger partial charge in [0.1, 0.15) is 18.1 Å². The Kier molecular flexibility index (Phi) is 7.66. The molecule has 4 aliphatic rings. The molecule has 2 heterocycles. The average molecular weight is 556 g/mol. The Labute approximate surface area is 225 Å². The molecule has 2 aliphatic heterocycles. The van der Waals surface area contributed by atoms with Gasteiger partial charge in [0.2, 0.25) is 17.7 Å². The molecule has 0 aromatic carbocycles. The number of amides is 4. The molecule has 13 heteroatoms. The second kappa shape index (κ2) is 10.3. The first kappa shape index (κ1) is 29.1. The summed E-state index contributed by atoms with van der Waals surface area (Å²) in [5, 5.41) is 16.9. The molecule has 7 atom stereocenters. The number of nitrogens with zero attached hydrogens (tertiary/aromatic N) is 2. The van der Waals surface area contributed by atoms with Crippen LogP contribution in [0.5, 0.6) is 0 Å². The topological polar surface area (TPSA) is 141 Å². The predicted octanol–water partition coefficient (Wildman–Crippen LogP) is 1.40. The fraction of sp³-hybridized carbons (Fsp3) is 0.808. The first-order valence-corrected chi connectivity index (χ1v) is 13.4. The van der Waals surface area contributed by atoms with Crippen LogP contribution in [-0.4, -0.2) is 77.6 Å². The number of ether oxygens (including phenoxy) is 1. The number of fused-ring (bicyclic) bond motifs is 1. The number of carbonyl (C=O) groups is 4. The summed E-state index contributed by atoms with van der Waals surface area (Å²) in [5.41, 5.74) is -0.878. The summed E-state index contributed by atoms with van der Waals surface area (Å²) in [6, 6.07) is -1.67. The molecular weight excluding hydrogens is 519 g/mol. The Morgan fingerprint density at radius 1 is 1.23 bits per heavy atom. The lowest BCUT2D eigenvalue weighted by Crippen LogP contribution is -2.61. The van der Waals surface area contributed by atoms with Crippen molar-refractivity contribution in [3.05, 3.63) is 0 Å². The van der Waals surface area contributed by atoms with Gasteiger partial charge in [-0.25, -0.2) is 0 Å². The number of hydrogen-bond donors (Lipinski definition) is 3. The van der Waals surface area contributed by atoms with Crippen molar-refractivity contribution in [2.45, 2.75) is 95.8 Å². The van der Waals surface area contributed by atoms with E-state index in [-0.39, 0.29) is 36.1 Å². The standard InChI is InChI=1S/C26H36F3N5O5/c1-13(39-25(4)7-8-25)18(33-23(38)26(27,28)29)22(37)34-12-16-17(24(16,2)3)19(34)21(36)32-15(11-30)10-14-6-5-9-31-20(14)35/h13-19H,5-10,12H2,1-4H3,(H,31,35)(H,32,36)(H,33,38)/t13?,14?,15?,16?,17?,18?,19-/m0/s1. The molecule has 0 bridgehead atoms. The minimum absolute atomic E-state index is 0.0713. The normalized spacial score (nSPS) is 30.6. The lowest BCUT2D eigenvalue weighted by atomic mass is 9.91. The number of nitrogens with one attached hydrogen (secondary N) is 3. The van der Waals surface area contributed by atoms with E-state index in [0.717, 1.165) is 6.42 Å². The molecule has 2 aliphatic carbocycles. The highest BCUT2D eigenvalue weighted by atomic mass is 19.4. The number of hydrogen-bond acceptors (Lipinski definition) is 6. The molecular formula is C26H36F3N5O5. The minimum Gasteiger partial charge on any atom is -0.370 e. The highest BCUT2D eigenvalue weighted by Gasteiger charge is 2.70. The summed E-state index contributed by atoms with van der Waals surface area (Å²) in [6.45, 7) is 7.78. The molecule has 10 nitrogen and oxygen atoms in total. The maximum atomic E-state index is 13.7. The van der Waals surface area contributed by atoms with Gasteiger partial charge in [0.15, 0.2) is 0 Å². The maximum Gasteiger partial charge on any atom is 0.471 e. The van der Waals surface area contributed by atoms with Crippen molar-refractivity contribution in [1.82, 2.24) is 20.9 Å². The van der Waals surface area contributed by atoms with Gasteiger partial charge < -0.3 is 25.6 Å². The van der Waals surface area contributed by atoms with Crippen LogP contribution in [0.1, 0.15) is 59.8 Å². The van der Waals surface area contributed by atoms with Gasteiger partial charge in [0, 0.05) is 19.0 Å². The van der Waals surface area contributed by atoms with Crippen LogP contribution in [0, 0.1) is 34.5 Å². The lowest BCUT2D eigenvalue weighted by molar-refractivity contribution is -0.177. The summed E-state index contributed by atoms with van der Waals surface area (Å²) in [5.74, 6) is -4.66. The average Bonchev–Trinajstić information content (AvgIpc) is 3.61. The van der Waals surface area contributed by atoms with Crippen molar-refractivity contribution in [3.8, 4) is 6.07 Å². The highest BCUT2D eigenvalue weighted by Crippen LogP contribution is 2.65. The Balaban J connectivity index is 1.53. The number of likely N-dealkylation sites (tertiary alicyclic amines) is 1. The Bertz CT molecular complexity index is 1070. The fourth-order valence-electron chi connectivity index (χ4n) is 6.15. The van der Waals surface area contributed by atoms with E-state index in [1.165, 1.54) is 11.8 Å². The zero-order valence-electron chi connectivity index (χ0n) is 22.6. The molecule has 4 amide bonds. The van der Waals surface area contributed by atoms with E-state index >= 15 is 0 Å². The first-order chi connectivity index (χ1) is 18.1. The maximum absolute atomic E-state index is 13.7. The quantitative estimate of drug-likeness (QED) is 0.393. The zero-order chi connectivity index (χ0) is 28.9. The van der Waals surface area contributed by atoms with E-state index in [9.17, 15) is 37.6 Å². The van der Waals surface area contributed by atoms with E-state index in [1.807, 2.05) is 19.9 Å². The Hall–Kier alpha value is -2.88. The minimum atomic E-state index is -5.21. The van der Waals surface area contributed by atoms with Crippen LogP contribution in [0.3, 0.4) is 0 Å². The van der Waals surface area contributed by atoms with Crippen molar-refractivity contribution in [2.24, 2.45) is 23.2 Å².